The number of aromatic nitrogens is 2. The molecule has 0 saturated carbocycles. The van der Waals surface area contributed by atoms with Gasteiger partial charge in [0.2, 0.25) is 10.0 Å². The maximum Gasteiger partial charge on any atom is 0.248 e. The number of nitrogen functional groups attached to an aromatic ring is 1. The van der Waals surface area contributed by atoms with Gasteiger partial charge in [-0.05, 0) is 17.7 Å². The minimum Gasteiger partial charge on any atom is -0.383 e. The number of aromatic amines is 1. The summed E-state index contributed by atoms with van der Waals surface area (Å²) >= 11 is 11.8. The van der Waals surface area contributed by atoms with Crippen LogP contribution in [-0.2, 0) is 16.6 Å². The van der Waals surface area contributed by atoms with E-state index in [0.29, 0.717) is 15.6 Å². The van der Waals surface area contributed by atoms with Crippen molar-refractivity contribution in [2.24, 2.45) is 0 Å². The summed E-state index contributed by atoms with van der Waals surface area (Å²) in [5, 5.41) is 6.89. The molecule has 2 aromatic rings. The largest absolute Gasteiger partial charge is 0.383 e. The highest BCUT2D eigenvalue weighted by atomic mass is 35.5. The van der Waals surface area contributed by atoms with Gasteiger partial charge in [-0.25, -0.2) is 8.42 Å². The maximum atomic E-state index is 12.3. The van der Waals surface area contributed by atoms with E-state index in [4.69, 9.17) is 28.9 Å². The molecule has 1 heterocycles. The Hall–Kier alpha value is -1.28. The van der Waals surface area contributed by atoms with Crippen LogP contribution in [0.15, 0.2) is 29.3 Å². The van der Waals surface area contributed by atoms with Crippen LogP contribution in [0, 0.1) is 0 Å². The molecular formula is C11H12Cl2N4O2S. The van der Waals surface area contributed by atoms with Crippen LogP contribution in [0.4, 0.5) is 5.82 Å². The van der Waals surface area contributed by atoms with Gasteiger partial charge in [0.25, 0.3) is 0 Å². The van der Waals surface area contributed by atoms with E-state index in [1.54, 1.807) is 18.2 Å². The summed E-state index contributed by atoms with van der Waals surface area (Å²) in [7, 11) is -2.29. The second-order valence-corrected chi connectivity index (χ2v) is 7.00. The van der Waals surface area contributed by atoms with Crippen molar-refractivity contribution in [3.8, 4) is 0 Å². The number of anilines is 1. The highest BCUT2D eigenvalue weighted by Crippen LogP contribution is 2.25. The van der Waals surface area contributed by atoms with Gasteiger partial charge in [0.1, 0.15) is 10.7 Å². The molecule has 6 nitrogen and oxygen atoms in total. The molecule has 0 saturated heterocycles. The highest BCUT2D eigenvalue weighted by Gasteiger charge is 2.25. The van der Waals surface area contributed by atoms with Crippen molar-refractivity contribution in [1.29, 1.82) is 0 Å². The van der Waals surface area contributed by atoms with Gasteiger partial charge in [0, 0.05) is 23.6 Å². The molecule has 0 aliphatic heterocycles. The summed E-state index contributed by atoms with van der Waals surface area (Å²) in [6.45, 7) is 0.100. The van der Waals surface area contributed by atoms with Gasteiger partial charge < -0.3 is 5.73 Å². The number of hydrogen-bond acceptors (Lipinski definition) is 4. The van der Waals surface area contributed by atoms with Gasteiger partial charge in [-0.1, -0.05) is 29.3 Å². The number of hydrogen-bond donors (Lipinski definition) is 2. The summed E-state index contributed by atoms with van der Waals surface area (Å²) in [6, 6.07) is 4.88. The van der Waals surface area contributed by atoms with Gasteiger partial charge in [0.05, 0.1) is 6.20 Å². The number of nitrogens with zero attached hydrogens (tertiary/aromatic N) is 2. The van der Waals surface area contributed by atoms with Crippen LogP contribution in [0.25, 0.3) is 0 Å². The van der Waals surface area contributed by atoms with Crippen molar-refractivity contribution in [2.75, 3.05) is 12.8 Å². The van der Waals surface area contributed by atoms with Crippen molar-refractivity contribution in [1.82, 2.24) is 14.5 Å². The third kappa shape index (κ3) is 2.90. The van der Waals surface area contributed by atoms with Gasteiger partial charge >= 0.3 is 0 Å². The Morgan fingerprint density at radius 2 is 2.10 bits per heavy atom. The number of halogens is 2. The van der Waals surface area contributed by atoms with E-state index in [1.807, 2.05) is 0 Å². The lowest BCUT2D eigenvalue weighted by molar-refractivity contribution is 0.467. The Morgan fingerprint density at radius 3 is 2.65 bits per heavy atom. The fourth-order valence-electron chi connectivity index (χ4n) is 1.63. The average molecular weight is 335 g/mol. The Kier molecular flexibility index (Phi) is 4.24. The second-order valence-electron chi connectivity index (χ2n) is 4.14. The number of benzene rings is 1. The first kappa shape index (κ1) is 15.1. The first-order chi connectivity index (χ1) is 9.32. The molecule has 9 heteroatoms. The van der Waals surface area contributed by atoms with Crippen molar-refractivity contribution in [3.63, 3.8) is 0 Å². The van der Waals surface area contributed by atoms with E-state index in [0.717, 1.165) is 4.31 Å². The summed E-state index contributed by atoms with van der Waals surface area (Å²) in [6.07, 6.45) is 1.17. The second kappa shape index (κ2) is 5.61. The molecule has 0 spiro atoms. The molecule has 0 aliphatic carbocycles. The normalized spacial score (nSPS) is 12.0. The van der Waals surface area contributed by atoms with E-state index in [2.05, 4.69) is 10.2 Å². The molecule has 2 rings (SSSR count). The Bertz CT molecular complexity index is 730. The molecule has 0 atom stereocenters. The number of nitrogens with two attached hydrogens (primary N) is 1. The minimum absolute atomic E-state index is 0.000877. The predicted octanol–water partition coefficient (Wildman–Crippen LogP) is 2.12. The molecule has 108 valence electrons. The van der Waals surface area contributed by atoms with Gasteiger partial charge in [-0.15, -0.1) is 0 Å². The first-order valence-electron chi connectivity index (χ1n) is 5.51. The van der Waals surface area contributed by atoms with Gasteiger partial charge in [-0.3, -0.25) is 5.10 Å². The van der Waals surface area contributed by atoms with Crippen molar-refractivity contribution >= 4 is 39.0 Å². The average Bonchev–Trinajstić information content (AvgIpc) is 2.79. The monoisotopic (exact) mass is 334 g/mol. The van der Waals surface area contributed by atoms with Crippen molar-refractivity contribution in [3.05, 3.63) is 40.0 Å². The zero-order chi connectivity index (χ0) is 14.9. The van der Waals surface area contributed by atoms with Gasteiger partial charge in [-0.2, -0.15) is 9.40 Å². The van der Waals surface area contributed by atoms with Crippen molar-refractivity contribution < 1.29 is 8.42 Å². The third-order valence-electron chi connectivity index (χ3n) is 2.73. The zero-order valence-electron chi connectivity index (χ0n) is 10.5. The topological polar surface area (TPSA) is 92.1 Å². The molecule has 0 amide bonds. The Morgan fingerprint density at radius 1 is 1.40 bits per heavy atom. The highest BCUT2D eigenvalue weighted by molar-refractivity contribution is 7.89. The summed E-state index contributed by atoms with van der Waals surface area (Å²) in [5.41, 5.74) is 6.18. The van der Waals surface area contributed by atoms with Crippen molar-refractivity contribution in [2.45, 2.75) is 11.4 Å². The lowest BCUT2D eigenvalue weighted by atomic mass is 10.2. The van der Waals surface area contributed by atoms with E-state index < -0.39 is 10.0 Å². The summed E-state index contributed by atoms with van der Waals surface area (Å²) < 4.78 is 25.8. The smallest absolute Gasteiger partial charge is 0.248 e. The molecule has 0 unspecified atom stereocenters. The van der Waals surface area contributed by atoms with Gasteiger partial charge in [0.15, 0.2) is 0 Å². The van der Waals surface area contributed by atoms with Crippen LogP contribution in [0.5, 0.6) is 0 Å². The fraction of sp³-hybridized carbons (Fsp3) is 0.182. The fourth-order valence-corrected chi connectivity index (χ4v) is 3.26. The molecule has 1 aromatic heterocycles. The Labute approximate surface area is 126 Å². The summed E-state index contributed by atoms with van der Waals surface area (Å²) in [5.74, 6) is -0.000877. The number of sulfonamides is 1. The van der Waals surface area contributed by atoms with E-state index in [1.165, 1.54) is 13.2 Å². The molecule has 1 aromatic carbocycles. The molecule has 0 bridgehead atoms. The van der Waals surface area contributed by atoms with E-state index >= 15 is 0 Å². The predicted molar refractivity (Wildman–Crippen MR) is 78.1 cm³/mol. The summed E-state index contributed by atoms with van der Waals surface area (Å²) in [4.78, 5) is -0.0647. The molecule has 20 heavy (non-hydrogen) atoms. The lowest BCUT2D eigenvalue weighted by Gasteiger charge is -2.17. The van der Waals surface area contributed by atoms with Crippen LogP contribution in [0.3, 0.4) is 0 Å². The molecular weight excluding hydrogens is 323 g/mol. The zero-order valence-corrected chi connectivity index (χ0v) is 12.8. The van der Waals surface area contributed by atoms with Crippen LogP contribution < -0.4 is 5.73 Å². The standard InChI is InChI=1S/C11H12Cl2N4O2S/c1-17(6-7-2-3-8(12)4-9(7)13)20(18,19)10-5-15-16-11(10)14/h2-5H,6H2,1H3,(H3,14,15,16). The first-order valence-corrected chi connectivity index (χ1v) is 7.71. The van der Waals surface area contributed by atoms with Crippen LogP contribution >= 0.6 is 23.2 Å². The molecule has 3 N–H and O–H groups in total. The lowest BCUT2D eigenvalue weighted by Crippen LogP contribution is -2.27. The van der Waals surface area contributed by atoms with Crippen LogP contribution in [0.2, 0.25) is 10.0 Å². The maximum absolute atomic E-state index is 12.3. The quantitative estimate of drug-likeness (QED) is 0.895. The van der Waals surface area contributed by atoms with E-state index in [9.17, 15) is 8.42 Å². The molecule has 0 fully saturated rings. The number of H-pyrrole nitrogens is 1. The number of rotatable bonds is 4. The SMILES string of the molecule is CN(Cc1ccc(Cl)cc1Cl)S(=O)(=O)c1cn[nH]c1N. The molecule has 0 radical (unpaired) electrons. The number of nitrogens with one attached hydrogen (secondary N) is 1. The van der Waals surface area contributed by atoms with Crippen LogP contribution in [-0.4, -0.2) is 30.0 Å². The minimum atomic E-state index is -3.73. The third-order valence-corrected chi connectivity index (χ3v) is 5.15. The van der Waals surface area contributed by atoms with E-state index in [-0.39, 0.29) is 17.3 Å². The molecule has 0 aliphatic rings. The van der Waals surface area contributed by atoms with Crippen LogP contribution in [0.1, 0.15) is 5.56 Å². The Balaban J connectivity index is 2.28.